The fourth-order valence-corrected chi connectivity index (χ4v) is 3.47. The van der Waals surface area contributed by atoms with Gasteiger partial charge >= 0.3 is 6.09 Å². The molecule has 3 rings (SSSR count). The average Bonchev–Trinajstić information content (AvgIpc) is 2.56. The zero-order chi connectivity index (χ0) is 19.8. The van der Waals surface area contributed by atoms with E-state index < -0.39 is 11.7 Å². The van der Waals surface area contributed by atoms with E-state index in [1.807, 2.05) is 40.7 Å². The van der Waals surface area contributed by atoms with Gasteiger partial charge in [-0.1, -0.05) is 6.07 Å². The Labute approximate surface area is 160 Å². The maximum Gasteiger partial charge on any atom is 0.412 e. The fraction of sp³-hybridized carbons (Fsp3) is 0.409. The van der Waals surface area contributed by atoms with Crippen LogP contribution in [0.4, 0.5) is 20.6 Å². The molecule has 0 aliphatic carbocycles. The highest BCUT2D eigenvalue weighted by atomic mass is 19.1. The lowest BCUT2D eigenvalue weighted by Gasteiger charge is -2.31. The van der Waals surface area contributed by atoms with Crippen molar-refractivity contribution in [2.45, 2.75) is 53.2 Å². The maximum atomic E-state index is 13.4. The zero-order valence-electron chi connectivity index (χ0n) is 16.6. The van der Waals surface area contributed by atoms with Gasteiger partial charge in [-0.3, -0.25) is 5.32 Å². The minimum absolute atomic E-state index is 0.175. The number of rotatable bonds is 2. The van der Waals surface area contributed by atoms with Crippen LogP contribution < -0.4 is 10.2 Å². The van der Waals surface area contributed by atoms with Crippen molar-refractivity contribution in [1.29, 1.82) is 0 Å². The number of anilines is 2. The molecule has 1 N–H and O–H groups in total. The molecule has 0 bridgehead atoms. The van der Waals surface area contributed by atoms with Gasteiger partial charge in [0.1, 0.15) is 11.4 Å². The first-order chi connectivity index (χ1) is 12.6. The number of benzene rings is 2. The number of amides is 1. The minimum Gasteiger partial charge on any atom is -0.444 e. The van der Waals surface area contributed by atoms with Crippen LogP contribution in [0.2, 0.25) is 0 Å². The lowest BCUT2D eigenvalue weighted by atomic mass is 9.98. The van der Waals surface area contributed by atoms with Crippen LogP contribution >= 0.6 is 0 Å². The highest BCUT2D eigenvalue weighted by molar-refractivity contribution is 5.87. The van der Waals surface area contributed by atoms with Crippen LogP contribution in [0.5, 0.6) is 0 Å². The van der Waals surface area contributed by atoms with Crippen molar-refractivity contribution in [3.63, 3.8) is 0 Å². The number of halogens is 1. The average molecular weight is 370 g/mol. The monoisotopic (exact) mass is 370 g/mol. The van der Waals surface area contributed by atoms with Crippen molar-refractivity contribution in [3.05, 3.63) is 58.4 Å². The van der Waals surface area contributed by atoms with Crippen LogP contribution in [0.15, 0.2) is 30.3 Å². The highest BCUT2D eigenvalue weighted by Crippen LogP contribution is 2.31. The molecular weight excluding hydrogens is 343 g/mol. The molecule has 0 unspecified atom stereocenters. The van der Waals surface area contributed by atoms with E-state index >= 15 is 0 Å². The number of hydrogen-bond acceptors (Lipinski definition) is 3. The summed E-state index contributed by atoms with van der Waals surface area (Å²) in [6.45, 7) is 11.1. The van der Waals surface area contributed by atoms with Gasteiger partial charge in [-0.15, -0.1) is 0 Å². The third-order valence-electron chi connectivity index (χ3n) is 4.69. The summed E-state index contributed by atoms with van der Waals surface area (Å²) in [5, 5.41) is 2.87. The van der Waals surface area contributed by atoms with Gasteiger partial charge in [0.25, 0.3) is 0 Å². The van der Waals surface area contributed by atoms with E-state index in [4.69, 9.17) is 4.74 Å². The molecule has 144 valence electrons. The van der Waals surface area contributed by atoms with Crippen LogP contribution in [0.25, 0.3) is 0 Å². The van der Waals surface area contributed by atoms with E-state index in [1.54, 1.807) is 6.07 Å². The third-order valence-corrected chi connectivity index (χ3v) is 4.69. The predicted molar refractivity (Wildman–Crippen MR) is 107 cm³/mol. The van der Waals surface area contributed by atoms with Crippen molar-refractivity contribution in [2.75, 3.05) is 16.8 Å². The largest absolute Gasteiger partial charge is 0.444 e. The molecule has 5 heteroatoms. The molecule has 1 amide bonds. The van der Waals surface area contributed by atoms with Gasteiger partial charge < -0.3 is 9.64 Å². The Morgan fingerprint density at radius 1 is 1.11 bits per heavy atom. The minimum atomic E-state index is -0.535. The number of ether oxygens (including phenoxy) is 1. The van der Waals surface area contributed by atoms with Crippen molar-refractivity contribution in [1.82, 2.24) is 0 Å². The van der Waals surface area contributed by atoms with E-state index in [9.17, 15) is 9.18 Å². The Bertz CT molecular complexity index is 848. The molecule has 0 spiro atoms. The summed E-state index contributed by atoms with van der Waals surface area (Å²) in [5.41, 5.74) is 5.58. The predicted octanol–water partition coefficient (Wildman–Crippen LogP) is 5.35. The molecule has 0 aromatic heterocycles. The molecule has 0 radical (unpaired) electrons. The lowest BCUT2D eigenvalue weighted by molar-refractivity contribution is 0.0635. The van der Waals surface area contributed by atoms with Gasteiger partial charge in [0.05, 0.1) is 0 Å². The Kier molecular flexibility index (Phi) is 5.13. The lowest BCUT2D eigenvalue weighted by Crippen LogP contribution is -2.31. The van der Waals surface area contributed by atoms with Crippen molar-refractivity contribution in [2.24, 2.45) is 0 Å². The molecular formula is C22H27FN2O2. The van der Waals surface area contributed by atoms with Crippen molar-refractivity contribution >= 4 is 17.5 Å². The first kappa shape index (κ1) is 19.2. The Balaban J connectivity index is 1.79. The van der Waals surface area contributed by atoms with Crippen LogP contribution in [-0.4, -0.2) is 18.2 Å². The Morgan fingerprint density at radius 2 is 1.78 bits per heavy atom. The van der Waals surface area contributed by atoms with Gasteiger partial charge in [-0.05, 0) is 87.6 Å². The number of carbonyl (C=O) groups excluding carboxylic acids is 1. The van der Waals surface area contributed by atoms with Gasteiger partial charge in [-0.25, -0.2) is 9.18 Å². The number of fused-ring (bicyclic) bond motifs is 1. The van der Waals surface area contributed by atoms with Gasteiger partial charge in [-0.2, -0.15) is 0 Å². The topological polar surface area (TPSA) is 41.6 Å². The molecule has 0 saturated carbocycles. The fourth-order valence-electron chi connectivity index (χ4n) is 3.47. The van der Waals surface area contributed by atoms with Crippen LogP contribution in [0.1, 0.15) is 43.0 Å². The van der Waals surface area contributed by atoms with E-state index in [-0.39, 0.29) is 5.82 Å². The van der Waals surface area contributed by atoms with Gasteiger partial charge in [0, 0.05) is 24.5 Å². The second-order valence-electron chi connectivity index (χ2n) is 8.17. The molecule has 1 heterocycles. The second-order valence-corrected chi connectivity index (χ2v) is 8.17. The summed E-state index contributed by atoms with van der Waals surface area (Å²) >= 11 is 0. The molecule has 2 aromatic carbocycles. The number of aryl methyl sites for hydroxylation is 2. The second kappa shape index (κ2) is 7.22. The molecule has 1 aliphatic rings. The number of carbonyl (C=O) groups is 1. The van der Waals surface area contributed by atoms with Crippen LogP contribution in [-0.2, 0) is 17.7 Å². The first-order valence-corrected chi connectivity index (χ1v) is 9.26. The molecule has 0 saturated heterocycles. The standard InChI is InChI=1S/C22H27FN2O2/c1-14-10-19(11-15(2)20(14)24-21(26)27-22(3,4)5)25-9-8-16-12-18(23)7-6-17(16)13-25/h6-7,10-12H,8-9,13H2,1-5H3,(H,24,26). The molecule has 1 aliphatic heterocycles. The van der Waals surface area contributed by atoms with Crippen LogP contribution in [0.3, 0.4) is 0 Å². The number of hydrogen-bond donors (Lipinski definition) is 1. The quantitative estimate of drug-likeness (QED) is 0.774. The normalized spacial score (nSPS) is 13.9. The van der Waals surface area contributed by atoms with E-state index in [0.717, 1.165) is 53.1 Å². The Morgan fingerprint density at radius 3 is 2.41 bits per heavy atom. The van der Waals surface area contributed by atoms with E-state index in [2.05, 4.69) is 22.3 Å². The molecule has 0 fully saturated rings. The zero-order valence-corrected chi connectivity index (χ0v) is 16.6. The van der Waals surface area contributed by atoms with E-state index in [0.29, 0.717) is 0 Å². The summed E-state index contributed by atoms with van der Waals surface area (Å²) in [7, 11) is 0. The number of nitrogens with zero attached hydrogens (tertiary/aromatic N) is 1. The van der Waals surface area contributed by atoms with Crippen molar-refractivity contribution < 1.29 is 13.9 Å². The van der Waals surface area contributed by atoms with Crippen LogP contribution in [0, 0.1) is 19.7 Å². The summed E-state index contributed by atoms with van der Waals surface area (Å²) < 4.78 is 18.8. The molecule has 4 nitrogen and oxygen atoms in total. The summed E-state index contributed by atoms with van der Waals surface area (Å²) in [6, 6.07) is 9.18. The SMILES string of the molecule is Cc1cc(N2CCc3cc(F)ccc3C2)cc(C)c1NC(=O)OC(C)(C)C. The summed E-state index contributed by atoms with van der Waals surface area (Å²) in [5.74, 6) is -0.175. The van der Waals surface area contributed by atoms with E-state index in [1.165, 1.54) is 6.07 Å². The summed E-state index contributed by atoms with van der Waals surface area (Å²) in [6.07, 6.45) is 0.374. The van der Waals surface area contributed by atoms with Crippen molar-refractivity contribution in [3.8, 4) is 0 Å². The first-order valence-electron chi connectivity index (χ1n) is 9.26. The Hall–Kier alpha value is -2.56. The molecule has 27 heavy (non-hydrogen) atoms. The van der Waals surface area contributed by atoms with Gasteiger partial charge in [0.2, 0.25) is 0 Å². The highest BCUT2D eigenvalue weighted by Gasteiger charge is 2.20. The molecule has 2 aromatic rings. The maximum absolute atomic E-state index is 13.4. The van der Waals surface area contributed by atoms with Gasteiger partial charge in [0.15, 0.2) is 0 Å². The third kappa shape index (κ3) is 4.59. The number of nitrogens with one attached hydrogen (secondary N) is 1. The smallest absolute Gasteiger partial charge is 0.412 e. The molecule has 0 atom stereocenters. The summed E-state index contributed by atoms with van der Waals surface area (Å²) in [4.78, 5) is 14.4.